The third-order valence-corrected chi connectivity index (χ3v) is 3.64. The molecule has 3 aromatic rings. The minimum absolute atomic E-state index is 0.140. The molecule has 0 spiro atoms. The largest absolute Gasteiger partial charge is 0.458 e. The highest BCUT2D eigenvalue weighted by molar-refractivity contribution is 7.09. The van der Waals surface area contributed by atoms with Gasteiger partial charge in [0.05, 0.1) is 11.6 Å². The van der Waals surface area contributed by atoms with Gasteiger partial charge in [0.1, 0.15) is 17.1 Å². The molecule has 8 heteroatoms. The number of thiazole rings is 1. The van der Waals surface area contributed by atoms with Crippen molar-refractivity contribution < 1.29 is 9.21 Å². The monoisotopic (exact) mass is 316 g/mol. The van der Waals surface area contributed by atoms with Gasteiger partial charge in [0.15, 0.2) is 5.76 Å². The van der Waals surface area contributed by atoms with Crippen molar-refractivity contribution in [2.24, 2.45) is 0 Å². The van der Waals surface area contributed by atoms with E-state index < -0.39 is 5.91 Å². The second kappa shape index (κ2) is 5.94. The third-order valence-electron chi connectivity index (χ3n) is 2.87. The Hall–Kier alpha value is -2.74. The molecule has 112 valence electrons. The van der Waals surface area contributed by atoms with Crippen molar-refractivity contribution in [3.63, 3.8) is 0 Å². The van der Waals surface area contributed by atoms with E-state index in [2.05, 4.69) is 20.5 Å². The Kier molecular flexibility index (Phi) is 3.84. The van der Waals surface area contributed by atoms with Crippen molar-refractivity contribution in [1.29, 1.82) is 0 Å². The minimum Gasteiger partial charge on any atom is -0.458 e. The fraction of sp³-hybridized carbons (Fsp3) is 0.143. The molecule has 0 aromatic carbocycles. The second-order valence-corrected chi connectivity index (χ2v) is 5.57. The lowest BCUT2D eigenvalue weighted by molar-refractivity contribution is 0.0942. The number of aromatic nitrogens is 3. The normalized spacial score (nSPS) is 10.6. The highest BCUT2D eigenvalue weighted by Gasteiger charge is 2.10. The Balaban J connectivity index is 1.64. The summed E-state index contributed by atoms with van der Waals surface area (Å²) in [6, 6.07) is 6.20. The SMILES string of the molecule is Cc1nc(-c2ccc(CNC(=O)c3ccc(=O)[nH]n3)o2)cs1. The highest BCUT2D eigenvalue weighted by atomic mass is 32.1. The van der Waals surface area contributed by atoms with Gasteiger partial charge in [-0.05, 0) is 25.1 Å². The summed E-state index contributed by atoms with van der Waals surface area (Å²) in [6.45, 7) is 2.15. The standard InChI is InChI=1S/C14H12N4O3S/c1-8-16-11(7-22-8)12-4-2-9(21-12)6-15-14(20)10-3-5-13(19)18-17-10/h2-5,7H,6H2,1H3,(H,15,20)(H,18,19). The maximum Gasteiger partial charge on any atom is 0.272 e. The van der Waals surface area contributed by atoms with Gasteiger partial charge >= 0.3 is 0 Å². The Morgan fingerprint density at radius 3 is 2.91 bits per heavy atom. The van der Waals surface area contributed by atoms with Crippen LogP contribution in [0.15, 0.2) is 38.9 Å². The van der Waals surface area contributed by atoms with E-state index in [4.69, 9.17) is 4.42 Å². The van der Waals surface area contributed by atoms with Crippen LogP contribution in [0.25, 0.3) is 11.5 Å². The van der Waals surface area contributed by atoms with Gasteiger partial charge in [-0.25, -0.2) is 10.1 Å². The summed E-state index contributed by atoms with van der Waals surface area (Å²) in [4.78, 5) is 27.1. The van der Waals surface area contributed by atoms with E-state index >= 15 is 0 Å². The summed E-state index contributed by atoms with van der Waals surface area (Å²) in [5, 5.41) is 11.4. The summed E-state index contributed by atoms with van der Waals surface area (Å²) < 4.78 is 5.64. The molecule has 0 unspecified atom stereocenters. The van der Waals surface area contributed by atoms with Gasteiger partial charge in [0.25, 0.3) is 11.5 Å². The van der Waals surface area contributed by atoms with Gasteiger partial charge in [-0.3, -0.25) is 9.59 Å². The molecular formula is C14H12N4O3S. The van der Waals surface area contributed by atoms with Crippen molar-refractivity contribution >= 4 is 17.2 Å². The van der Waals surface area contributed by atoms with Crippen molar-refractivity contribution in [1.82, 2.24) is 20.5 Å². The summed E-state index contributed by atoms with van der Waals surface area (Å²) in [6.07, 6.45) is 0. The molecule has 3 heterocycles. The van der Waals surface area contributed by atoms with Gasteiger partial charge in [0.2, 0.25) is 0 Å². The van der Waals surface area contributed by atoms with Gasteiger partial charge in [-0.2, -0.15) is 5.10 Å². The van der Waals surface area contributed by atoms with E-state index in [0.717, 1.165) is 10.7 Å². The molecule has 2 N–H and O–H groups in total. The lowest BCUT2D eigenvalue weighted by atomic mass is 10.3. The molecule has 22 heavy (non-hydrogen) atoms. The van der Waals surface area contributed by atoms with E-state index in [-0.39, 0.29) is 17.8 Å². The number of nitrogens with one attached hydrogen (secondary N) is 2. The van der Waals surface area contributed by atoms with Crippen LogP contribution in [-0.2, 0) is 6.54 Å². The van der Waals surface area contributed by atoms with Crippen LogP contribution < -0.4 is 10.9 Å². The van der Waals surface area contributed by atoms with Crippen molar-refractivity contribution in [2.75, 3.05) is 0 Å². The van der Waals surface area contributed by atoms with Crippen LogP contribution in [0.5, 0.6) is 0 Å². The number of aromatic amines is 1. The first-order valence-electron chi connectivity index (χ1n) is 6.47. The molecular weight excluding hydrogens is 304 g/mol. The van der Waals surface area contributed by atoms with Crippen LogP contribution in [0, 0.1) is 6.92 Å². The maximum absolute atomic E-state index is 11.9. The Bertz CT molecular complexity index is 844. The molecule has 0 aliphatic rings. The number of carbonyl (C=O) groups is 1. The summed E-state index contributed by atoms with van der Waals surface area (Å²) in [5.41, 5.74) is 0.565. The zero-order valence-electron chi connectivity index (χ0n) is 11.6. The van der Waals surface area contributed by atoms with Crippen LogP contribution in [0.4, 0.5) is 0 Å². The number of hydrogen-bond acceptors (Lipinski definition) is 6. The quantitative estimate of drug-likeness (QED) is 0.763. The summed E-state index contributed by atoms with van der Waals surface area (Å²) in [7, 11) is 0. The lowest BCUT2D eigenvalue weighted by Crippen LogP contribution is -2.25. The Morgan fingerprint density at radius 1 is 1.36 bits per heavy atom. The Morgan fingerprint density at radius 2 is 2.23 bits per heavy atom. The van der Waals surface area contributed by atoms with E-state index in [1.807, 2.05) is 18.4 Å². The number of carbonyl (C=O) groups excluding carboxylic acids is 1. The zero-order valence-corrected chi connectivity index (χ0v) is 12.4. The topological polar surface area (TPSA) is 101 Å². The van der Waals surface area contributed by atoms with Crippen LogP contribution in [-0.4, -0.2) is 21.1 Å². The number of aryl methyl sites for hydroxylation is 1. The van der Waals surface area contributed by atoms with Gasteiger partial charge in [0, 0.05) is 11.4 Å². The maximum atomic E-state index is 11.9. The first-order chi connectivity index (χ1) is 10.6. The molecule has 0 radical (unpaired) electrons. The molecule has 0 fully saturated rings. The molecule has 0 bridgehead atoms. The number of rotatable bonds is 4. The predicted octanol–water partition coefficient (Wildman–Crippen LogP) is 1.72. The molecule has 3 rings (SSSR count). The smallest absolute Gasteiger partial charge is 0.272 e. The van der Waals surface area contributed by atoms with E-state index in [1.165, 1.54) is 12.1 Å². The second-order valence-electron chi connectivity index (χ2n) is 4.51. The first-order valence-corrected chi connectivity index (χ1v) is 7.35. The van der Waals surface area contributed by atoms with Gasteiger partial charge in [-0.15, -0.1) is 11.3 Å². The molecule has 0 saturated heterocycles. The lowest BCUT2D eigenvalue weighted by Gasteiger charge is -2.01. The van der Waals surface area contributed by atoms with Gasteiger partial charge < -0.3 is 9.73 Å². The third kappa shape index (κ3) is 3.12. The summed E-state index contributed by atoms with van der Waals surface area (Å²) in [5.74, 6) is 0.882. The average Bonchev–Trinajstić information content (AvgIpc) is 3.14. The molecule has 0 atom stereocenters. The minimum atomic E-state index is -0.390. The first kappa shape index (κ1) is 14.2. The Labute approximate surface area is 129 Å². The van der Waals surface area contributed by atoms with Crippen LogP contribution in [0.2, 0.25) is 0 Å². The fourth-order valence-corrected chi connectivity index (χ4v) is 2.42. The predicted molar refractivity (Wildman–Crippen MR) is 80.6 cm³/mol. The number of H-pyrrole nitrogens is 1. The molecule has 0 saturated carbocycles. The fourth-order valence-electron chi connectivity index (χ4n) is 1.82. The number of nitrogens with zero attached hydrogens (tertiary/aromatic N) is 2. The molecule has 0 aliphatic heterocycles. The van der Waals surface area contributed by atoms with Crippen molar-refractivity contribution in [3.8, 4) is 11.5 Å². The van der Waals surface area contributed by atoms with Crippen molar-refractivity contribution in [3.05, 3.63) is 56.5 Å². The van der Waals surface area contributed by atoms with E-state index in [0.29, 0.717) is 11.5 Å². The average molecular weight is 316 g/mol. The van der Waals surface area contributed by atoms with Gasteiger partial charge in [-0.1, -0.05) is 0 Å². The van der Waals surface area contributed by atoms with Crippen LogP contribution in [0.1, 0.15) is 21.3 Å². The summed E-state index contributed by atoms with van der Waals surface area (Å²) >= 11 is 1.55. The van der Waals surface area contributed by atoms with Crippen LogP contribution >= 0.6 is 11.3 Å². The molecule has 1 amide bonds. The number of furan rings is 1. The number of amides is 1. The number of hydrogen-bond donors (Lipinski definition) is 2. The van der Waals surface area contributed by atoms with E-state index in [1.54, 1.807) is 17.4 Å². The molecule has 0 aliphatic carbocycles. The zero-order chi connectivity index (χ0) is 15.5. The van der Waals surface area contributed by atoms with Crippen molar-refractivity contribution in [2.45, 2.75) is 13.5 Å². The molecule has 3 aromatic heterocycles. The molecule has 7 nitrogen and oxygen atoms in total. The highest BCUT2D eigenvalue weighted by Crippen LogP contribution is 2.23. The van der Waals surface area contributed by atoms with Crippen LogP contribution in [0.3, 0.4) is 0 Å². The van der Waals surface area contributed by atoms with E-state index in [9.17, 15) is 9.59 Å².